The molecular weight excluding hydrogens is 643 g/mol. The van der Waals surface area contributed by atoms with Crippen molar-refractivity contribution in [1.29, 1.82) is 0 Å². The number of benzene rings is 7. The number of rotatable bonds is 7. The van der Waals surface area contributed by atoms with E-state index in [1.807, 2.05) is 0 Å². The molecule has 3 aromatic heterocycles. The van der Waals surface area contributed by atoms with Crippen LogP contribution in [0.15, 0.2) is 182 Å². The fourth-order valence-electron chi connectivity index (χ4n) is 8.16. The van der Waals surface area contributed by atoms with Gasteiger partial charge in [-0.05, 0) is 83.8 Å². The van der Waals surface area contributed by atoms with Crippen molar-refractivity contribution in [2.45, 2.75) is 19.8 Å². The van der Waals surface area contributed by atoms with Gasteiger partial charge in [0.25, 0.3) is 0 Å². The van der Waals surface area contributed by atoms with Crippen LogP contribution in [0.1, 0.15) is 18.9 Å². The van der Waals surface area contributed by atoms with Crippen LogP contribution in [0.4, 0.5) is 0 Å². The quantitative estimate of drug-likeness (QED) is 0.164. The first kappa shape index (κ1) is 31.1. The number of aryl methyl sites for hydroxylation is 1. The summed E-state index contributed by atoms with van der Waals surface area (Å²) in [7, 11) is 0. The number of hydrogen-bond donors (Lipinski definition) is 0. The highest BCUT2D eigenvalue weighted by atomic mass is 15.0. The van der Waals surface area contributed by atoms with E-state index >= 15 is 0 Å². The largest absolute Gasteiger partial charge is 0.309 e. The van der Waals surface area contributed by atoms with E-state index < -0.39 is 0 Å². The van der Waals surface area contributed by atoms with E-state index in [-0.39, 0.29) is 0 Å². The first-order valence-corrected chi connectivity index (χ1v) is 18.5. The summed E-state index contributed by atoms with van der Waals surface area (Å²) >= 11 is 0. The lowest BCUT2D eigenvalue weighted by molar-refractivity contribution is 0.922. The molecule has 10 aromatic rings. The normalized spacial score (nSPS) is 11.6. The topological polar surface area (TPSA) is 22.8 Å². The Bertz CT molecular complexity index is 2680. The van der Waals surface area contributed by atoms with E-state index in [2.05, 4.69) is 198 Å². The molecule has 252 valence electrons. The molecule has 0 aliphatic heterocycles. The molecule has 0 atom stereocenters. The summed E-state index contributed by atoms with van der Waals surface area (Å²) in [6.45, 7) is 2.23. The maximum atomic E-state index is 5.42. The third kappa shape index (κ3) is 5.32. The van der Waals surface area contributed by atoms with Crippen LogP contribution in [-0.2, 0) is 6.42 Å². The lowest BCUT2D eigenvalue weighted by atomic mass is 9.98. The molecule has 3 heterocycles. The Kier molecular flexibility index (Phi) is 7.51. The predicted molar refractivity (Wildman–Crippen MR) is 223 cm³/mol. The molecule has 7 aromatic carbocycles. The Labute approximate surface area is 309 Å². The van der Waals surface area contributed by atoms with Gasteiger partial charge in [-0.15, -0.1) is 0 Å². The summed E-state index contributed by atoms with van der Waals surface area (Å²) in [5.41, 5.74) is 14.8. The average molecular weight is 680 g/mol. The number of fused-ring (bicyclic) bond motifs is 6. The van der Waals surface area contributed by atoms with E-state index in [1.54, 1.807) is 0 Å². The minimum atomic E-state index is 0.944. The molecule has 0 saturated carbocycles. The summed E-state index contributed by atoms with van der Waals surface area (Å²) in [6, 6.07) is 65.9. The van der Waals surface area contributed by atoms with Crippen LogP contribution in [0.25, 0.3) is 88.6 Å². The van der Waals surface area contributed by atoms with Gasteiger partial charge in [0.15, 0.2) is 0 Å². The van der Waals surface area contributed by atoms with Gasteiger partial charge in [0, 0.05) is 44.0 Å². The molecule has 0 amide bonds. The fraction of sp³-hybridized carbons (Fsp3) is 0.0600. The van der Waals surface area contributed by atoms with Gasteiger partial charge >= 0.3 is 0 Å². The highest BCUT2D eigenvalue weighted by molar-refractivity contribution is 6.10. The maximum Gasteiger partial charge on any atom is 0.0716 e. The lowest BCUT2D eigenvalue weighted by Gasteiger charge is -2.14. The van der Waals surface area contributed by atoms with Crippen LogP contribution in [-0.4, -0.2) is 14.1 Å². The zero-order chi connectivity index (χ0) is 35.3. The average Bonchev–Trinajstić information content (AvgIpc) is 3.74. The van der Waals surface area contributed by atoms with E-state index in [1.165, 1.54) is 54.7 Å². The van der Waals surface area contributed by atoms with Gasteiger partial charge in [0.1, 0.15) is 0 Å². The van der Waals surface area contributed by atoms with E-state index in [4.69, 9.17) is 4.98 Å². The van der Waals surface area contributed by atoms with Crippen molar-refractivity contribution in [3.05, 3.63) is 188 Å². The maximum absolute atomic E-state index is 5.42. The first-order chi connectivity index (χ1) is 26.2. The summed E-state index contributed by atoms with van der Waals surface area (Å²) in [4.78, 5) is 5.42. The summed E-state index contributed by atoms with van der Waals surface area (Å²) in [6.07, 6.45) is 2.21. The Hall–Kier alpha value is -6.71. The summed E-state index contributed by atoms with van der Waals surface area (Å²) in [5, 5.41) is 5.02. The predicted octanol–water partition coefficient (Wildman–Crippen LogP) is 13.2. The second-order valence-electron chi connectivity index (χ2n) is 13.9. The molecule has 0 aliphatic carbocycles. The van der Waals surface area contributed by atoms with Crippen molar-refractivity contribution in [3.8, 4) is 45.0 Å². The van der Waals surface area contributed by atoms with Crippen molar-refractivity contribution >= 4 is 43.6 Å². The number of hydrogen-bond acceptors (Lipinski definition) is 1. The van der Waals surface area contributed by atoms with E-state index in [0.717, 1.165) is 52.3 Å². The summed E-state index contributed by atoms with van der Waals surface area (Å²) in [5.74, 6) is 0. The molecule has 0 radical (unpaired) electrons. The number of para-hydroxylation sites is 4. The molecule has 0 bridgehead atoms. The molecule has 0 N–H and O–H groups in total. The lowest BCUT2D eigenvalue weighted by Crippen LogP contribution is -1.97. The van der Waals surface area contributed by atoms with Crippen LogP contribution >= 0.6 is 0 Å². The first-order valence-electron chi connectivity index (χ1n) is 18.5. The minimum Gasteiger partial charge on any atom is -0.309 e. The van der Waals surface area contributed by atoms with Crippen molar-refractivity contribution in [1.82, 2.24) is 14.1 Å². The van der Waals surface area contributed by atoms with E-state index in [9.17, 15) is 0 Å². The molecule has 0 saturated heterocycles. The Morgan fingerprint density at radius 2 is 0.792 bits per heavy atom. The Morgan fingerprint density at radius 1 is 0.377 bits per heavy atom. The van der Waals surface area contributed by atoms with Crippen LogP contribution in [0.3, 0.4) is 0 Å². The number of pyridine rings is 1. The van der Waals surface area contributed by atoms with Gasteiger partial charge in [0.05, 0.1) is 33.5 Å². The molecule has 0 fully saturated rings. The smallest absolute Gasteiger partial charge is 0.0716 e. The highest BCUT2D eigenvalue weighted by Gasteiger charge is 2.16. The number of nitrogens with zero attached hydrogens (tertiary/aromatic N) is 3. The minimum absolute atomic E-state index is 0.944. The second kappa shape index (κ2) is 12.8. The third-order valence-electron chi connectivity index (χ3n) is 10.6. The zero-order valence-electron chi connectivity index (χ0n) is 29.6. The van der Waals surface area contributed by atoms with Gasteiger partial charge in [-0.3, -0.25) is 0 Å². The molecule has 3 nitrogen and oxygen atoms in total. The Balaban J connectivity index is 1.15. The standard InChI is InChI=1S/C50H37N3/c1-2-13-34-26-28-35(29-27-34)38-32-45(36-14-11-16-39(30-36)52-47-22-7-3-18-41(47)42-19-4-8-23-48(42)52)51-46(33-38)37-15-12-17-40(31-37)53-49-24-9-5-20-43(49)44-21-6-10-25-50(44)53/h3-12,14-33H,2,13H2,1H3. The molecule has 3 heteroatoms. The monoisotopic (exact) mass is 679 g/mol. The second-order valence-corrected chi connectivity index (χ2v) is 13.9. The number of aromatic nitrogens is 3. The van der Waals surface area contributed by atoms with Gasteiger partial charge in [-0.25, -0.2) is 4.98 Å². The molecular formula is C50H37N3. The van der Waals surface area contributed by atoms with Crippen molar-refractivity contribution in [3.63, 3.8) is 0 Å². The Morgan fingerprint density at radius 3 is 1.21 bits per heavy atom. The molecule has 0 spiro atoms. The van der Waals surface area contributed by atoms with Gasteiger partial charge < -0.3 is 9.13 Å². The van der Waals surface area contributed by atoms with Gasteiger partial charge in [-0.1, -0.05) is 135 Å². The van der Waals surface area contributed by atoms with Crippen LogP contribution in [0, 0.1) is 0 Å². The van der Waals surface area contributed by atoms with Crippen molar-refractivity contribution < 1.29 is 0 Å². The van der Waals surface area contributed by atoms with Gasteiger partial charge in [0.2, 0.25) is 0 Å². The molecule has 10 rings (SSSR count). The molecule has 53 heavy (non-hydrogen) atoms. The van der Waals surface area contributed by atoms with Crippen LogP contribution < -0.4 is 0 Å². The van der Waals surface area contributed by atoms with Crippen molar-refractivity contribution in [2.24, 2.45) is 0 Å². The summed E-state index contributed by atoms with van der Waals surface area (Å²) < 4.78 is 4.75. The zero-order valence-corrected chi connectivity index (χ0v) is 29.6. The van der Waals surface area contributed by atoms with Crippen molar-refractivity contribution in [2.75, 3.05) is 0 Å². The van der Waals surface area contributed by atoms with E-state index in [0.29, 0.717) is 0 Å². The van der Waals surface area contributed by atoms with Crippen LogP contribution in [0.5, 0.6) is 0 Å². The third-order valence-corrected chi connectivity index (χ3v) is 10.6. The molecule has 0 unspecified atom stereocenters. The van der Waals surface area contributed by atoms with Gasteiger partial charge in [-0.2, -0.15) is 0 Å². The fourth-order valence-corrected chi connectivity index (χ4v) is 8.16. The SMILES string of the molecule is CCCc1ccc(-c2cc(-c3cccc(-n4c5ccccc5c5ccccc54)c3)nc(-c3cccc(-n4c5ccccc5c5ccccc54)c3)c2)cc1. The highest BCUT2D eigenvalue weighted by Crippen LogP contribution is 2.37. The molecule has 0 aliphatic rings. The van der Waals surface area contributed by atoms with Crippen LogP contribution in [0.2, 0.25) is 0 Å².